The zero-order valence-electron chi connectivity index (χ0n) is 14.1. The Bertz CT molecular complexity index is 932. The molecule has 0 spiro atoms. The second kappa shape index (κ2) is 7.53. The van der Waals surface area contributed by atoms with Gasteiger partial charge < -0.3 is 14.5 Å². The summed E-state index contributed by atoms with van der Waals surface area (Å²) in [6, 6.07) is 14.9. The van der Waals surface area contributed by atoms with Gasteiger partial charge in [0.2, 0.25) is 0 Å². The maximum Gasteiger partial charge on any atom is 0.287 e. The summed E-state index contributed by atoms with van der Waals surface area (Å²) >= 11 is 0. The topological polar surface area (TPSA) is 68.5 Å². The summed E-state index contributed by atoms with van der Waals surface area (Å²) in [6.45, 7) is 0.349. The highest BCUT2D eigenvalue weighted by atomic mass is 32.2. The van der Waals surface area contributed by atoms with Crippen LogP contribution in [0.2, 0.25) is 0 Å². The molecule has 0 bridgehead atoms. The molecule has 3 aromatic rings. The maximum atomic E-state index is 12.6. The van der Waals surface area contributed by atoms with Crippen molar-refractivity contribution in [2.45, 2.75) is 12.3 Å². The van der Waals surface area contributed by atoms with Gasteiger partial charge >= 0.3 is 0 Å². The number of carbonyl (C=O) groups excluding carboxylic acids is 1. The predicted octanol–water partition coefficient (Wildman–Crippen LogP) is 3.25. The smallest absolute Gasteiger partial charge is 0.287 e. The summed E-state index contributed by atoms with van der Waals surface area (Å²) < 4.78 is 22.6. The van der Waals surface area contributed by atoms with E-state index in [1.54, 1.807) is 19.4 Å². The van der Waals surface area contributed by atoms with E-state index < -0.39 is 10.8 Å². The van der Waals surface area contributed by atoms with Gasteiger partial charge in [0.25, 0.3) is 5.91 Å². The summed E-state index contributed by atoms with van der Waals surface area (Å²) in [7, 11) is 0.522. The molecule has 1 aromatic heterocycles. The average Bonchev–Trinajstić information content (AvgIpc) is 2.98. The van der Waals surface area contributed by atoms with Crippen LogP contribution in [0.4, 0.5) is 0 Å². The van der Waals surface area contributed by atoms with Crippen molar-refractivity contribution in [3.63, 3.8) is 0 Å². The molecular weight excluding hydrogens is 338 g/mol. The third-order valence-electron chi connectivity index (χ3n) is 3.84. The number of ether oxygens (including phenoxy) is 1. The molecule has 0 saturated heterocycles. The monoisotopic (exact) mass is 357 g/mol. The summed E-state index contributed by atoms with van der Waals surface area (Å²) in [5.41, 5.74) is 2.22. The minimum atomic E-state index is -1.08. The van der Waals surface area contributed by atoms with E-state index in [0.29, 0.717) is 17.7 Å². The summed E-state index contributed by atoms with van der Waals surface area (Å²) in [4.78, 5) is 12.6. The number of methoxy groups -OCH3 is 1. The quantitative estimate of drug-likeness (QED) is 0.735. The van der Waals surface area contributed by atoms with E-state index in [-0.39, 0.29) is 17.4 Å². The predicted molar refractivity (Wildman–Crippen MR) is 98.1 cm³/mol. The SMILES string of the molecule is COc1cccc(CNC(=O)c2oc3ccccc3c2C[S@@](C)=O)c1. The molecular formula is C19H19NO4S. The Morgan fingerprint density at radius 1 is 1.20 bits per heavy atom. The summed E-state index contributed by atoms with van der Waals surface area (Å²) in [6.07, 6.45) is 1.61. The van der Waals surface area contributed by atoms with Crippen molar-refractivity contribution in [3.8, 4) is 5.75 Å². The lowest BCUT2D eigenvalue weighted by atomic mass is 10.1. The van der Waals surface area contributed by atoms with Crippen LogP contribution in [0.3, 0.4) is 0 Å². The van der Waals surface area contributed by atoms with Crippen LogP contribution in [0.5, 0.6) is 5.75 Å². The Morgan fingerprint density at radius 3 is 2.76 bits per heavy atom. The summed E-state index contributed by atoms with van der Waals surface area (Å²) in [5.74, 6) is 0.912. The third-order valence-corrected chi connectivity index (χ3v) is 4.53. The van der Waals surface area contributed by atoms with E-state index in [2.05, 4.69) is 5.32 Å². The van der Waals surface area contributed by atoms with Crippen molar-refractivity contribution in [3.05, 3.63) is 65.4 Å². The van der Waals surface area contributed by atoms with Crippen LogP contribution in [-0.2, 0) is 23.1 Å². The first kappa shape index (κ1) is 17.2. The van der Waals surface area contributed by atoms with Gasteiger partial charge in [-0.2, -0.15) is 0 Å². The molecule has 5 nitrogen and oxygen atoms in total. The lowest BCUT2D eigenvalue weighted by molar-refractivity contribution is 0.0924. The second-order valence-electron chi connectivity index (χ2n) is 5.66. The molecule has 0 radical (unpaired) electrons. The molecule has 130 valence electrons. The van der Waals surface area contributed by atoms with Crippen molar-refractivity contribution < 1.29 is 18.2 Å². The van der Waals surface area contributed by atoms with Crippen LogP contribution in [0.1, 0.15) is 21.7 Å². The average molecular weight is 357 g/mol. The van der Waals surface area contributed by atoms with Crippen molar-refractivity contribution in [2.24, 2.45) is 0 Å². The minimum Gasteiger partial charge on any atom is -0.497 e. The molecule has 0 aliphatic carbocycles. The number of rotatable bonds is 6. The Hall–Kier alpha value is -2.60. The molecule has 1 heterocycles. The minimum absolute atomic E-state index is 0.222. The first-order chi connectivity index (χ1) is 12.1. The molecule has 1 amide bonds. The van der Waals surface area contributed by atoms with Gasteiger partial charge in [0.1, 0.15) is 11.3 Å². The number of para-hydroxylation sites is 1. The first-order valence-corrected chi connectivity index (χ1v) is 9.52. The second-order valence-corrected chi connectivity index (χ2v) is 7.09. The Kier molecular flexibility index (Phi) is 5.19. The van der Waals surface area contributed by atoms with Crippen molar-refractivity contribution in [1.29, 1.82) is 0 Å². The van der Waals surface area contributed by atoms with Crippen LogP contribution in [0.15, 0.2) is 52.9 Å². The largest absolute Gasteiger partial charge is 0.497 e. The van der Waals surface area contributed by atoms with Crippen LogP contribution in [0, 0.1) is 0 Å². The Labute approximate surface area is 148 Å². The Balaban J connectivity index is 1.84. The number of fused-ring (bicyclic) bond motifs is 1. The molecule has 0 aliphatic heterocycles. The van der Waals surface area contributed by atoms with Crippen molar-refractivity contribution in [1.82, 2.24) is 5.32 Å². The fourth-order valence-corrected chi connectivity index (χ4v) is 3.37. The van der Waals surface area contributed by atoms with Gasteiger partial charge in [-0.05, 0) is 23.8 Å². The fraction of sp³-hybridized carbons (Fsp3) is 0.211. The van der Waals surface area contributed by atoms with Gasteiger partial charge in [-0.3, -0.25) is 9.00 Å². The van der Waals surface area contributed by atoms with E-state index in [1.165, 1.54) is 0 Å². The van der Waals surface area contributed by atoms with Crippen LogP contribution < -0.4 is 10.1 Å². The van der Waals surface area contributed by atoms with Gasteiger partial charge in [0.05, 0.1) is 12.9 Å². The number of nitrogens with one attached hydrogen (secondary N) is 1. The van der Waals surface area contributed by atoms with E-state index in [1.807, 2.05) is 42.5 Å². The highest BCUT2D eigenvalue weighted by Crippen LogP contribution is 2.27. The van der Waals surface area contributed by atoms with E-state index in [0.717, 1.165) is 16.7 Å². The molecule has 0 fully saturated rings. The zero-order chi connectivity index (χ0) is 17.8. The number of benzene rings is 2. The van der Waals surface area contributed by atoms with Crippen LogP contribution >= 0.6 is 0 Å². The molecule has 1 N–H and O–H groups in total. The zero-order valence-corrected chi connectivity index (χ0v) is 14.9. The lowest BCUT2D eigenvalue weighted by Gasteiger charge is -2.07. The van der Waals surface area contributed by atoms with E-state index in [4.69, 9.17) is 9.15 Å². The van der Waals surface area contributed by atoms with Crippen LogP contribution in [-0.4, -0.2) is 23.5 Å². The van der Waals surface area contributed by atoms with Crippen molar-refractivity contribution >= 4 is 27.7 Å². The highest BCUT2D eigenvalue weighted by molar-refractivity contribution is 7.83. The number of amides is 1. The van der Waals surface area contributed by atoms with Crippen LogP contribution in [0.25, 0.3) is 11.0 Å². The first-order valence-electron chi connectivity index (χ1n) is 7.80. The van der Waals surface area contributed by atoms with Crippen molar-refractivity contribution in [2.75, 3.05) is 13.4 Å². The molecule has 3 rings (SSSR count). The molecule has 0 unspecified atom stereocenters. The molecule has 1 atom stereocenters. The third kappa shape index (κ3) is 3.91. The molecule has 2 aromatic carbocycles. The lowest BCUT2D eigenvalue weighted by Crippen LogP contribution is -2.23. The molecule has 0 aliphatic rings. The summed E-state index contributed by atoms with van der Waals surface area (Å²) in [5, 5.41) is 3.68. The van der Waals surface area contributed by atoms with Gasteiger partial charge in [0.15, 0.2) is 5.76 Å². The normalized spacial score (nSPS) is 12.1. The fourth-order valence-electron chi connectivity index (χ4n) is 2.67. The van der Waals surface area contributed by atoms with Gasteiger partial charge in [-0.1, -0.05) is 30.3 Å². The maximum absolute atomic E-state index is 12.6. The van der Waals surface area contributed by atoms with E-state index in [9.17, 15) is 9.00 Å². The highest BCUT2D eigenvalue weighted by Gasteiger charge is 2.21. The number of hydrogen-bond donors (Lipinski definition) is 1. The number of furan rings is 1. The molecule has 6 heteroatoms. The molecule has 0 saturated carbocycles. The number of carbonyl (C=O) groups is 1. The van der Waals surface area contributed by atoms with Gasteiger partial charge in [-0.25, -0.2) is 0 Å². The standard InChI is InChI=1S/C19H19NO4S/c1-23-14-7-5-6-13(10-14)11-20-19(21)18-16(12-25(2)22)15-8-3-4-9-17(15)24-18/h3-10H,11-12H2,1-2H3,(H,20,21)/t25-/m1/s1. The van der Waals surface area contributed by atoms with Gasteiger partial charge in [-0.15, -0.1) is 0 Å². The number of hydrogen-bond acceptors (Lipinski definition) is 4. The molecule has 25 heavy (non-hydrogen) atoms. The van der Waals surface area contributed by atoms with Gasteiger partial charge in [0, 0.05) is 34.5 Å². The Morgan fingerprint density at radius 2 is 2.00 bits per heavy atom. The van der Waals surface area contributed by atoms with E-state index >= 15 is 0 Å².